The molecule has 0 saturated carbocycles. The Hall–Kier alpha value is -1.06. The highest BCUT2D eigenvalue weighted by atomic mass is 16.3. The van der Waals surface area contributed by atoms with E-state index < -0.39 is 0 Å². The zero-order valence-corrected chi connectivity index (χ0v) is 12.8. The van der Waals surface area contributed by atoms with Crippen LogP contribution in [0.5, 0.6) is 0 Å². The quantitative estimate of drug-likeness (QED) is 0.838. The number of piperidine rings is 1. The second-order valence-corrected chi connectivity index (χ2v) is 5.72. The van der Waals surface area contributed by atoms with Crippen LogP contribution in [-0.4, -0.2) is 30.8 Å². The minimum atomic E-state index is -0.103. The molecule has 1 aromatic rings. The van der Waals surface area contributed by atoms with Gasteiger partial charge in [-0.15, -0.1) is 0 Å². The van der Waals surface area contributed by atoms with Gasteiger partial charge in [0.25, 0.3) is 0 Å². The van der Waals surface area contributed by atoms with Crippen molar-refractivity contribution >= 4 is 5.69 Å². The summed E-state index contributed by atoms with van der Waals surface area (Å²) in [5, 5.41) is 13.2. The number of benzene rings is 1. The summed E-state index contributed by atoms with van der Waals surface area (Å²) in [5.41, 5.74) is 2.66. The lowest BCUT2D eigenvalue weighted by atomic mass is 10.0. The lowest BCUT2D eigenvalue weighted by molar-refractivity contribution is 0.145. The summed E-state index contributed by atoms with van der Waals surface area (Å²) >= 11 is 0. The molecule has 1 heterocycles. The number of rotatable bonds is 6. The number of hydrogen-bond acceptors (Lipinski definition) is 3. The highest BCUT2D eigenvalue weighted by molar-refractivity contribution is 5.48. The van der Waals surface area contributed by atoms with Crippen molar-refractivity contribution in [2.75, 3.05) is 24.5 Å². The van der Waals surface area contributed by atoms with Crippen molar-refractivity contribution in [3.8, 4) is 0 Å². The Labute approximate surface area is 123 Å². The summed E-state index contributed by atoms with van der Waals surface area (Å²) < 4.78 is 0. The molecule has 0 amide bonds. The van der Waals surface area contributed by atoms with Gasteiger partial charge in [0.05, 0.1) is 6.10 Å². The Bertz CT molecular complexity index is 359. The van der Waals surface area contributed by atoms with E-state index in [0.717, 1.165) is 38.9 Å². The first-order valence-corrected chi connectivity index (χ1v) is 8.01. The van der Waals surface area contributed by atoms with Gasteiger partial charge in [0, 0.05) is 24.8 Å². The summed E-state index contributed by atoms with van der Waals surface area (Å²) in [6, 6.07) is 9.41. The molecular formula is C17H28N2O. The van der Waals surface area contributed by atoms with Crippen molar-refractivity contribution in [1.29, 1.82) is 0 Å². The van der Waals surface area contributed by atoms with Crippen molar-refractivity contribution in [3.05, 3.63) is 29.8 Å². The third kappa shape index (κ3) is 3.97. The van der Waals surface area contributed by atoms with E-state index in [2.05, 4.69) is 48.3 Å². The Balaban J connectivity index is 1.98. The maximum Gasteiger partial charge on any atom is 0.0574 e. The van der Waals surface area contributed by atoms with E-state index in [9.17, 15) is 5.11 Å². The fourth-order valence-electron chi connectivity index (χ4n) is 2.86. The largest absolute Gasteiger partial charge is 0.393 e. The second-order valence-electron chi connectivity index (χ2n) is 5.72. The van der Waals surface area contributed by atoms with Gasteiger partial charge >= 0.3 is 0 Å². The molecule has 1 aliphatic heterocycles. The van der Waals surface area contributed by atoms with Gasteiger partial charge in [0.2, 0.25) is 0 Å². The maximum atomic E-state index is 9.57. The molecule has 1 unspecified atom stereocenters. The van der Waals surface area contributed by atoms with E-state index in [-0.39, 0.29) is 6.10 Å². The van der Waals surface area contributed by atoms with Crippen LogP contribution in [-0.2, 0) is 0 Å². The van der Waals surface area contributed by atoms with Crippen LogP contribution in [0.1, 0.15) is 51.1 Å². The van der Waals surface area contributed by atoms with E-state index in [1.807, 2.05) is 0 Å². The number of hydrogen-bond donors (Lipinski definition) is 2. The normalized spacial score (nSPS) is 18.2. The van der Waals surface area contributed by atoms with Gasteiger partial charge in [-0.05, 0) is 49.9 Å². The van der Waals surface area contributed by atoms with E-state index in [1.165, 1.54) is 17.7 Å². The lowest BCUT2D eigenvalue weighted by Crippen LogP contribution is -2.35. The van der Waals surface area contributed by atoms with Crippen LogP contribution in [0, 0.1) is 0 Å². The molecule has 1 saturated heterocycles. The predicted molar refractivity (Wildman–Crippen MR) is 85.2 cm³/mol. The van der Waals surface area contributed by atoms with Crippen LogP contribution in [0.15, 0.2) is 24.3 Å². The zero-order chi connectivity index (χ0) is 14.4. The highest BCUT2D eigenvalue weighted by Crippen LogP contribution is 2.23. The van der Waals surface area contributed by atoms with Crippen LogP contribution in [0.2, 0.25) is 0 Å². The molecule has 1 aromatic carbocycles. The number of nitrogens with zero attached hydrogens (tertiary/aromatic N) is 1. The molecular weight excluding hydrogens is 248 g/mol. The molecule has 20 heavy (non-hydrogen) atoms. The van der Waals surface area contributed by atoms with Gasteiger partial charge in [0.1, 0.15) is 0 Å². The van der Waals surface area contributed by atoms with Crippen LogP contribution >= 0.6 is 0 Å². The van der Waals surface area contributed by atoms with Crippen LogP contribution in [0.25, 0.3) is 0 Å². The van der Waals surface area contributed by atoms with Crippen molar-refractivity contribution in [3.63, 3.8) is 0 Å². The second kappa shape index (κ2) is 7.65. The molecule has 0 bridgehead atoms. The SMILES string of the molecule is CCCNC(CC)c1ccc(N2CCC(O)CC2)cc1. The number of anilines is 1. The van der Waals surface area contributed by atoms with Crippen LogP contribution in [0.4, 0.5) is 5.69 Å². The summed E-state index contributed by atoms with van der Waals surface area (Å²) in [6.07, 6.45) is 3.96. The molecule has 1 aliphatic rings. The molecule has 2 rings (SSSR count). The monoisotopic (exact) mass is 276 g/mol. The smallest absolute Gasteiger partial charge is 0.0574 e. The molecule has 2 N–H and O–H groups in total. The first-order valence-electron chi connectivity index (χ1n) is 8.01. The van der Waals surface area contributed by atoms with Crippen LogP contribution in [0.3, 0.4) is 0 Å². The fourth-order valence-corrected chi connectivity index (χ4v) is 2.86. The van der Waals surface area contributed by atoms with Gasteiger partial charge in [-0.3, -0.25) is 0 Å². The Kier molecular flexibility index (Phi) is 5.86. The minimum Gasteiger partial charge on any atom is -0.393 e. The van der Waals surface area contributed by atoms with Crippen molar-refractivity contribution in [1.82, 2.24) is 5.32 Å². The molecule has 3 nitrogen and oxygen atoms in total. The van der Waals surface area contributed by atoms with Gasteiger partial charge in [-0.1, -0.05) is 26.0 Å². The Morgan fingerprint density at radius 3 is 2.40 bits per heavy atom. The van der Waals surface area contributed by atoms with E-state index in [1.54, 1.807) is 0 Å². The summed E-state index contributed by atoms with van der Waals surface area (Å²) in [5.74, 6) is 0. The molecule has 1 atom stereocenters. The maximum absolute atomic E-state index is 9.57. The average molecular weight is 276 g/mol. The fraction of sp³-hybridized carbons (Fsp3) is 0.647. The standard InChI is InChI=1S/C17H28N2O/c1-3-11-18-17(4-2)14-5-7-15(8-6-14)19-12-9-16(20)10-13-19/h5-8,16-18,20H,3-4,9-13H2,1-2H3. The van der Waals surface area contributed by atoms with Gasteiger partial charge in [-0.25, -0.2) is 0 Å². The van der Waals surface area contributed by atoms with Gasteiger partial charge in [0.15, 0.2) is 0 Å². The first kappa shape index (κ1) is 15.3. The first-order chi connectivity index (χ1) is 9.74. The topological polar surface area (TPSA) is 35.5 Å². The summed E-state index contributed by atoms with van der Waals surface area (Å²) in [4.78, 5) is 2.37. The third-order valence-corrected chi connectivity index (χ3v) is 4.17. The van der Waals surface area contributed by atoms with Crippen molar-refractivity contribution in [2.45, 2.75) is 51.7 Å². The number of aliphatic hydroxyl groups is 1. The molecule has 0 aliphatic carbocycles. The summed E-state index contributed by atoms with van der Waals surface area (Å²) in [6.45, 7) is 7.43. The molecule has 1 fully saturated rings. The van der Waals surface area contributed by atoms with Crippen molar-refractivity contribution < 1.29 is 5.11 Å². The minimum absolute atomic E-state index is 0.103. The van der Waals surface area contributed by atoms with Gasteiger partial charge in [-0.2, -0.15) is 0 Å². The summed E-state index contributed by atoms with van der Waals surface area (Å²) in [7, 11) is 0. The highest BCUT2D eigenvalue weighted by Gasteiger charge is 2.17. The van der Waals surface area contributed by atoms with Crippen LogP contribution < -0.4 is 10.2 Å². The van der Waals surface area contributed by atoms with E-state index >= 15 is 0 Å². The Morgan fingerprint density at radius 2 is 1.85 bits per heavy atom. The predicted octanol–water partition coefficient (Wildman–Crippen LogP) is 3.10. The molecule has 3 heteroatoms. The Morgan fingerprint density at radius 1 is 1.20 bits per heavy atom. The molecule has 112 valence electrons. The van der Waals surface area contributed by atoms with E-state index in [0.29, 0.717) is 6.04 Å². The van der Waals surface area contributed by atoms with Gasteiger partial charge < -0.3 is 15.3 Å². The molecule has 0 spiro atoms. The average Bonchev–Trinajstić information content (AvgIpc) is 2.49. The number of nitrogens with one attached hydrogen (secondary N) is 1. The molecule has 0 radical (unpaired) electrons. The number of aliphatic hydroxyl groups excluding tert-OH is 1. The van der Waals surface area contributed by atoms with Crippen molar-refractivity contribution in [2.24, 2.45) is 0 Å². The molecule has 0 aromatic heterocycles. The third-order valence-electron chi connectivity index (χ3n) is 4.17. The zero-order valence-electron chi connectivity index (χ0n) is 12.8. The van der Waals surface area contributed by atoms with E-state index in [4.69, 9.17) is 0 Å². The lowest BCUT2D eigenvalue weighted by Gasteiger charge is -2.31.